The fraction of sp³-hybridized carbons (Fsp3) is 0.800. The van der Waals surface area contributed by atoms with Crippen molar-refractivity contribution in [2.75, 3.05) is 0 Å². The molecule has 24 heavy (non-hydrogen) atoms. The molecule has 1 heterocycles. The third kappa shape index (κ3) is 1.80. The second kappa shape index (κ2) is 4.86. The molecule has 6 unspecified atom stereocenters. The molecule has 0 amide bonds. The van der Waals surface area contributed by atoms with Crippen LogP contribution in [0.15, 0.2) is 11.8 Å². The molecule has 3 fully saturated rings. The first-order valence-electron chi connectivity index (χ1n) is 9.34. The highest BCUT2D eigenvalue weighted by Crippen LogP contribution is 2.69. The Hall–Kier alpha value is -1.32. The van der Waals surface area contributed by atoms with Crippen LogP contribution in [0.25, 0.3) is 0 Å². The zero-order valence-electron chi connectivity index (χ0n) is 15.3. The Morgan fingerprint density at radius 1 is 1.42 bits per heavy atom. The van der Waals surface area contributed by atoms with Crippen LogP contribution in [0, 0.1) is 34.5 Å². The van der Waals surface area contributed by atoms with Gasteiger partial charge in [-0.1, -0.05) is 27.7 Å². The summed E-state index contributed by atoms with van der Waals surface area (Å²) in [4.78, 5) is 25.1. The molecule has 0 N–H and O–H groups in total. The van der Waals surface area contributed by atoms with Crippen LogP contribution in [0.4, 0.5) is 0 Å². The summed E-state index contributed by atoms with van der Waals surface area (Å²) >= 11 is 0. The average Bonchev–Trinajstić information content (AvgIpc) is 3.08. The van der Waals surface area contributed by atoms with E-state index < -0.39 is 5.41 Å². The molecular formula is C20H28O4. The van der Waals surface area contributed by atoms with Gasteiger partial charge in [-0.2, -0.15) is 0 Å². The van der Waals surface area contributed by atoms with E-state index in [1.165, 1.54) is 0 Å². The third-order valence-corrected chi connectivity index (χ3v) is 7.18. The van der Waals surface area contributed by atoms with E-state index in [9.17, 15) is 9.59 Å². The largest absolute Gasteiger partial charge is 0.489 e. The minimum absolute atomic E-state index is 0.0963. The maximum atomic E-state index is 13.0. The molecule has 132 valence electrons. The lowest BCUT2D eigenvalue weighted by atomic mass is 9.64. The topological polar surface area (TPSA) is 52.6 Å². The van der Waals surface area contributed by atoms with Crippen molar-refractivity contribution in [3.63, 3.8) is 0 Å². The number of rotatable bonds is 5. The Labute approximate surface area is 144 Å². The van der Waals surface area contributed by atoms with Crippen LogP contribution in [0.1, 0.15) is 53.9 Å². The number of hydrogen-bond acceptors (Lipinski definition) is 4. The van der Waals surface area contributed by atoms with Gasteiger partial charge in [0.15, 0.2) is 5.78 Å². The van der Waals surface area contributed by atoms with Crippen molar-refractivity contribution in [2.24, 2.45) is 34.5 Å². The summed E-state index contributed by atoms with van der Waals surface area (Å²) in [6, 6.07) is 0. The van der Waals surface area contributed by atoms with Gasteiger partial charge in [0.1, 0.15) is 18.0 Å². The number of fused-ring (bicyclic) bond motifs is 1. The summed E-state index contributed by atoms with van der Waals surface area (Å²) in [7, 11) is 0. The standard InChI is InChI=1S/C20H28O4/c1-10(2)8-19(5,11(3)4)18(22)24-16-12-6-13-17(16)23-15-7-14(21)20(13,15)9-12/h7,10-13,16-17H,6,8-9H2,1-5H3. The normalized spacial score (nSPS) is 41.0. The van der Waals surface area contributed by atoms with Crippen molar-refractivity contribution in [1.29, 1.82) is 0 Å². The number of allylic oxidation sites excluding steroid dienone is 2. The molecule has 1 spiro atoms. The van der Waals surface area contributed by atoms with Crippen LogP contribution in [0.2, 0.25) is 0 Å². The van der Waals surface area contributed by atoms with E-state index in [1.54, 1.807) is 6.08 Å². The molecule has 3 aliphatic carbocycles. The number of ether oxygens (including phenoxy) is 2. The number of carbonyl (C=O) groups excluding carboxylic acids is 2. The van der Waals surface area contributed by atoms with E-state index in [2.05, 4.69) is 27.7 Å². The van der Waals surface area contributed by atoms with Crippen LogP contribution >= 0.6 is 0 Å². The lowest BCUT2D eigenvalue weighted by Crippen LogP contribution is -2.47. The first-order chi connectivity index (χ1) is 11.2. The van der Waals surface area contributed by atoms with E-state index in [1.807, 2.05) is 6.92 Å². The van der Waals surface area contributed by atoms with E-state index >= 15 is 0 Å². The summed E-state index contributed by atoms with van der Waals surface area (Å²) in [5.41, 5.74) is -0.808. The summed E-state index contributed by atoms with van der Waals surface area (Å²) in [6.45, 7) is 10.5. The summed E-state index contributed by atoms with van der Waals surface area (Å²) in [5.74, 6) is 2.15. The number of carbonyl (C=O) groups is 2. The smallest absolute Gasteiger partial charge is 0.312 e. The Balaban J connectivity index is 1.52. The molecule has 0 aromatic heterocycles. The van der Waals surface area contributed by atoms with Crippen LogP contribution in [-0.2, 0) is 19.1 Å². The Kier molecular flexibility index (Phi) is 3.27. The fourth-order valence-corrected chi connectivity index (χ4v) is 5.58. The van der Waals surface area contributed by atoms with Gasteiger partial charge in [0.2, 0.25) is 0 Å². The molecule has 0 radical (unpaired) electrons. The number of esters is 1. The van der Waals surface area contributed by atoms with Gasteiger partial charge in [0.05, 0.1) is 10.8 Å². The zero-order valence-corrected chi connectivity index (χ0v) is 15.3. The molecule has 4 aliphatic rings. The van der Waals surface area contributed by atoms with Crippen LogP contribution in [0.5, 0.6) is 0 Å². The highest BCUT2D eigenvalue weighted by Gasteiger charge is 2.74. The van der Waals surface area contributed by atoms with Gasteiger partial charge < -0.3 is 9.47 Å². The van der Waals surface area contributed by atoms with Crippen molar-refractivity contribution in [3.05, 3.63) is 11.8 Å². The van der Waals surface area contributed by atoms with Crippen LogP contribution in [-0.4, -0.2) is 24.0 Å². The quantitative estimate of drug-likeness (QED) is 0.723. The van der Waals surface area contributed by atoms with Gasteiger partial charge in [0.25, 0.3) is 0 Å². The van der Waals surface area contributed by atoms with Gasteiger partial charge in [-0.05, 0) is 38.0 Å². The first-order valence-corrected chi connectivity index (χ1v) is 9.34. The molecule has 2 saturated carbocycles. The summed E-state index contributed by atoms with van der Waals surface area (Å²) < 4.78 is 12.1. The van der Waals surface area contributed by atoms with Gasteiger partial charge in [-0.25, -0.2) is 0 Å². The fourth-order valence-electron chi connectivity index (χ4n) is 5.58. The molecule has 1 saturated heterocycles. The SMILES string of the molecule is CC(C)CC(C)(C(=O)OC1C2CC3C1OC1=CC(=O)C13C2)C(C)C. The predicted octanol–water partition coefficient (Wildman–Crippen LogP) is 3.50. The van der Waals surface area contributed by atoms with Gasteiger partial charge in [0, 0.05) is 17.9 Å². The molecule has 0 aromatic rings. The van der Waals surface area contributed by atoms with Crippen LogP contribution < -0.4 is 0 Å². The molecule has 4 nitrogen and oxygen atoms in total. The Morgan fingerprint density at radius 2 is 2.12 bits per heavy atom. The monoisotopic (exact) mass is 332 g/mol. The second-order valence-corrected chi connectivity index (χ2v) is 9.27. The number of hydrogen-bond donors (Lipinski definition) is 0. The predicted molar refractivity (Wildman–Crippen MR) is 88.9 cm³/mol. The highest BCUT2D eigenvalue weighted by molar-refractivity contribution is 6.05. The summed E-state index contributed by atoms with van der Waals surface area (Å²) in [6.07, 6.45) is 3.92. The molecule has 2 bridgehead atoms. The van der Waals surface area contributed by atoms with E-state index in [0.717, 1.165) is 25.0 Å². The van der Waals surface area contributed by atoms with Crippen molar-refractivity contribution in [3.8, 4) is 0 Å². The molecule has 6 atom stereocenters. The minimum Gasteiger partial charge on any atom is -0.489 e. The lowest BCUT2D eigenvalue weighted by Gasteiger charge is -2.38. The van der Waals surface area contributed by atoms with Gasteiger partial charge in [-0.15, -0.1) is 0 Å². The Bertz CT molecular complexity index is 634. The average molecular weight is 332 g/mol. The Morgan fingerprint density at radius 3 is 2.71 bits per heavy atom. The lowest BCUT2D eigenvalue weighted by molar-refractivity contribution is -0.172. The molecular weight excluding hydrogens is 304 g/mol. The summed E-state index contributed by atoms with van der Waals surface area (Å²) in [5, 5.41) is 0. The van der Waals surface area contributed by atoms with E-state index in [0.29, 0.717) is 5.92 Å². The van der Waals surface area contributed by atoms with Crippen LogP contribution in [0.3, 0.4) is 0 Å². The minimum atomic E-state index is -0.472. The van der Waals surface area contributed by atoms with E-state index in [4.69, 9.17) is 9.47 Å². The molecule has 4 heteroatoms. The maximum absolute atomic E-state index is 13.0. The second-order valence-electron chi connectivity index (χ2n) is 9.27. The van der Waals surface area contributed by atoms with Gasteiger partial charge in [-0.3, -0.25) is 9.59 Å². The third-order valence-electron chi connectivity index (χ3n) is 7.18. The first kappa shape index (κ1) is 16.2. The van der Waals surface area contributed by atoms with Crippen molar-refractivity contribution < 1.29 is 19.1 Å². The molecule has 1 aliphatic heterocycles. The molecule has 4 rings (SSSR count). The van der Waals surface area contributed by atoms with Crippen molar-refractivity contribution >= 4 is 11.8 Å². The maximum Gasteiger partial charge on any atom is 0.312 e. The van der Waals surface area contributed by atoms with E-state index in [-0.39, 0.29) is 47.1 Å². The highest BCUT2D eigenvalue weighted by atomic mass is 16.6. The zero-order chi connectivity index (χ0) is 17.4. The van der Waals surface area contributed by atoms with Crippen molar-refractivity contribution in [1.82, 2.24) is 0 Å². The van der Waals surface area contributed by atoms with Crippen molar-refractivity contribution in [2.45, 2.75) is 66.1 Å². The molecule has 0 aromatic carbocycles. The number of ketones is 1. The van der Waals surface area contributed by atoms with Gasteiger partial charge >= 0.3 is 5.97 Å².